The molecular weight excluding hydrogens is 416 g/mol. The van der Waals surface area contributed by atoms with E-state index in [0.717, 1.165) is 25.1 Å². The van der Waals surface area contributed by atoms with Gasteiger partial charge in [-0.1, -0.05) is 20.8 Å². The summed E-state index contributed by atoms with van der Waals surface area (Å²) in [5.74, 6) is -2.25. The third kappa shape index (κ3) is 5.32. The molecule has 32 heavy (non-hydrogen) atoms. The Morgan fingerprint density at radius 2 is 1.91 bits per heavy atom. The number of amides is 2. The van der Waals surface area contributed by atoms with E-state index in [0.29, 0.717) is 36.6 Å². The number of fused-ring (bicyclic) bond motifs is 1. The van der Waals surface area contributed by atoms with Crippen LogP contribution in [0.3, 0.4) is 0 Å². The number of rotatable bonds is 5. The van der Waals surface area contributed by atoms with Crippen LogP contribution < -0.4 is 10.6 Å². The molecule has 1 aliphatic heterocycles. The molecule has 0 spiro atoms. The minimum atomic E-state index is -0.971. The van der Waals surface area contributed by atoms with Crippen LogP contribution in [0, 0.1) is 17.0 Å². The van der Waals surface area contributed by atoms with Crippen molar-refractivity contribution in [2.24, 2.45) is 5.41 Å². The predicted molar refractivity (Wildman–Crippen MR) is 118 cm³/mol. The molecule has 2 N–H and O–H groups in total. The number of aromatic nitrogens is 2. The number of nitrogens with zero attached hydrogens (tertiary/aromatic N) is 3. The maximum absolute atomic E-state index is 13.9. The van der Waals surface area contributed by atoms with Crippen molar-refractivity contribution in [3.8, 4) is 11.4 Å². The number of hydrogen-bond donors (Lipinski definition) is 2. The fourth-order valence-electron chi connectivity index (χ4n) is 3.98. The maximum atomic E-state index is 13.9. The number of halogens is 2. The highest BCUT2D eigenvalue weighted by atomic mass is 19.2. The molecule has 1 atom stereocenters. The lowest BCUT2D eigenvalue weighted by Gasteiger charge is -2.25. The van der Waals surface area contributed by atoms with E-state index in [1.54, 1.807) is 0 Å². The number of benzene rings is 1. The van der Waals surface area contributed by atoms with Gasteiger partial charge in [0.2, 0.25) is 5.91 Å². The highest BCUT2D eigenvalue weighted by molar-refractivity contribution is 5.97. The molecule has 0 unspecified atom stereocenters. The first-order chi connectivity index (χ1) is 15.0. The molecule has 7 nitrogen and oxygen atoms in total. The van der Waals surface area contributed by atoms with E-state index >= 15 is 0 Å². The monoisotopic (exact) mass is 447 g/mol. The molecule has 3 rings (SSSR count). The Labute approximate surface area is 187 Å². The summed E-state index contributed by atoms with van der Waals surface area (Å²) < 4.78 is 29.3. The first-order valence-corrected chi connectivity index (χ1v) is 10.8. The second-order valence-corrected chi connectivity index (χ2v) is 9.51. The molecule has 1 aromatic carbocycles. The first-order valence-electron chi connectivity index (χ1n) is 10.8. The second kappa shape index (κ2) is 9.36. The van der Waals surface area contributed by atoms with E-state index in [1.807, 2.05) is 32.4 Å². The predicted octanol–water partition coefficient (Wildman–Crippen LogP) is 2.94. The maximum Gasteiger partial charge on any atom is 0.272 e. The third-order valence-electron chi connectivity index (χ3n) is 5.49. The summed E-state index contributed by atoms with van der Waals surface area (Å²) >= 11 is 0. The van der Waals surface area contributed by atoms with E-state index in [2.05, 4.69) is 20.5 Å². The fraction of sp³-hybridized carbons (Fsp3) is 0.522. The van der Waals surface area contributed by atoms with Crippen LogP contribution >= 0.6 is 0 Å². The lowest BCUT2D eigenvalue weighted by Crippen LogP contribution is -2.47. The van der Waals surface area contributed by atoms with Crippen molar-refractivity contribution < 1.29 is 18.4 Å². The number of imidazole rings is 1. The van der Waals surface area contributed by atoms with E-state index < -0.39 is 23.6 Å². The zero-order chi connectivity index (χ0) is 23.6. The van der Waals surface area contributed by atoms with Crippen LogP contribution in [0.2, 0.25) is 0 Å². The van der Waals surface area contributed by atoms with Crippen LogP contribution in [-0.2, 0) is 17.9 Å². The first kappa shape index (κ1) is 23.8. The Bertz CT molecular complexity index is 1010. The van der Waals surface area contributed by atoms with Crippen LogP contribution in [0.25, 0.3) is 11.4 Å². The summed E-state index contributed by atoms with van der Waals surface area (Å²) in [7, 11) is 3.48. The molecule has 0 saturated heterocycles. The Morgan fingerprint density at radius 1 is 1.19 bits per heavy atom. The summed E-state index contributed by atoms with van der Waals surface area (Å²) in [6, 6.07) is 2.88. The van der Waals surface area contributed by atoms with Gasteiger partial charge in [0.1, 0.15) is 11.9 Å². The van der Waals surface area contributed by atoms with Crippen molar-refractivity contribution in [2.75, 3.05) is 20.6 Å². The van der Waals surface area contributed by atoms with E-state index in [-0.39, 0.29) is 17.0 Å². The minimum Gasteiger partial charge on any atom is -0.357 e. The molecule has 2 amide bonds. The van der Waals surface area contributed by atoms with Gasteiger partial charge in [0.15, 0.2) is 17.3 Å². The summed E-state index contributed by atoms with van der Waals surface area (Å²) in [5.41, 5.74) is 1.09. The fourth-order valence-corrected chi connectivity index (χ4v) is 3.98. The smallest absolute Gasteiger partial charge is 0.272 e. The number of carbonyl (C=O) groups is 2. The average molecular weight is 448 g/mol. The summed E-state index contributed by atoms with van der Waals surface area (Å²) in [6.07, 6.45) is 1.27. The van der Waals surface area contributed by atoms with Crippen molar-refractivity contribution >= 4 is 11.8 Å². The van der Waals surface area contributed by atoms with E-state index in [9.17, 15) is 18.4 Å². The Balaban J connectivity index is 2.03. The molecule has 1 aliphatic rings. The van der Waals surface area contributed by atoms with Crippen LogP contribution in [-0.4, -0.2) is 52.9 Å². The molecule has 1 aromatic heterocycles. The topological polar surface area (TPSA) is 79.3 Å². The molecule has 0 radical (unpaired) electrons. The lowest BCUT2D eigenvalue weighted by atomic mass is 9.87. The van der Waals surface area contributed by atoms with Crippen molar-refractivity contribution in [3.05, 3.63) is 41.2 Å². The highest BCUT2D eigenvalue weighted by Gasteiger charge is 2.30. The van der Waals surface area contributed by atoms with Gasteiger partial charge in [-0.05, 0) is 50.0 Å². The number of hydrogen-bond acceptors (Lipinski definition) is 4. The van der Waals surface area contributed by atoms with Gasteiger partial charge in [0, 0.05) is 25.7 Å². The van der Waals surface area contributed by atoms with Gasteiger partial charge >= 0.3 is 0 Å². The molecule has 0 bridgehead atoms. The Hall–Kier alpha value is -2.81. The Kier molecular flexibility index (Phi) is 6.97. The van der Waals surface area contributed by atoms with Crippen molar-refractivity contribution in [1.29, 1.82) is 0 Å². The summed E-state index contributed by atoms with van der Waals surface area (Å²) in [4.78, 5) is 32.3. The molecule has 0 fully saturated rings. The summed E-state index contributed by atoms with van der Waals surface area (Å²) in [5, 5.41) is 5.43. The number of nitrogens with one attached hydrogen (secondary N) is 2. The molecule has 0 saturated carbocycles. The zero-order valence-corrected chi connectivity index (χ0v) is 19.3. The lowest BCUT2D eigenvalue weighted by molar-refractivity contribution is -0.123. The second-order valence-electron chi connectivity index (χ2n) is 9.51. The third-order valence-corrected chi connectivity index (χ3v) is 5.49. The standard InChI is InChI=1S/C23H31F2N5O2/c1-23(2,3)12-17(21(31)26-4)27-22(32)19-18-13-29(5)9-6-10-30(18)20(28-19)14-7-8-15(24)16(25)11-14/h7-8,11,17H,6,9-10,12-13H2,1-5H3,(H,26,31)(H,27,32)/t17-/m0/s1. The number of likely N-dealkylation sites (N-methyl/N-ethyl adjacent to an activating group) is 1. The average Bonchev–Trinajstić information content (AvgIpc) is 2.94. The molecule has 9 heteroatoms. The van der Waals surface area contributed by atoms with Gasteiger partial charge in [-0.15, -0.1) is 0 Å². The SMILES string of the molecule is CNC(=O)[C@H](CC(C)(C)C)NC(=O)c1nc(-c2ccc(F)c(F)c2)n2c1CN(C)CCC2. The van der Waals surface area contributed by atoms with Gasteiger partial charge < -0.3 is 20.1 Å². The summed E-state index contributed by atoms with van der Waals surface area (Å²) in [6.45, 7) is 7.87. The van der Waals surface area contributed by atoms with Crippen molar-refractivity contribution in [2.45, 2.75) is 52.7 Å². The van der Waals surface area contributed by atoms with Gasteiger partial charge in [-0.2, -0.15) is 0 Å². The van der Waals surface area contributed by atoms with Gasteiger partial charge in [-0.3, -0.25) is 9.59 Å². The van der Waals surface area contributed by atoms with Crippen molar-refractivity contribution in [1.82, 2.24) is 25.1 Å². The van der Waals surface area contributed by atoms with Gasteiger partial charge in [0.25, 0.3) is 5.91 Å². The highest BCUT2D eigenvalue weighted by Crippen LogP contribution is 2.28. The molecule has 0 aliphatic carbocycles. The van der Waals surface area contributed by atoms with Crippen LogP contribution in [0.15, 0.2) is 18.2 Å². The van der Waals surface area contributed by atoms with Crippen LogP contribution in [0.1, 0.15) is 49.8 Å². The van der Waals surface area contributed by atoms with Crippen LogP contribution in [0.4, 0.5) is 8.78 Å². The van der Waals surface area contributed by atoms with E-state index in [4.69, 9.17) is 0 Å². The molecule has 2 aromatic rings. The normalized spacial score (nSPS) is 15.6. The van der Waals surface area contributed by atoms with E-state index in [1.165, 1.54) is 13.1 Å². The molecule has 174 valence electrons. The van der Waals surface area contributed by atoms with Crippen molar-refractivity contribution in [3.63, 3.8) is 0 Å². The van der Waals surface area contributed by atoms with Crippen LogP contribution in [0.5, 0.6) is 0 Å². The molecular formula is C23H31F2N5O2. The zero-order valence-electron chi connectivity index (χ0n) is 19.3. The van der Waals surface area contributed by atoms with Gasteiger partial charge in [0.05, 0.1) is 5.69 Å². The largest absolute Gasteiger partial charge is 0.357 e. The minimum absolute atomic E-state index is 0.188. The van der Waals surface area contributed by atoms with Gasteiger partial charge in [-0.25, -0.2) is 13.8 Å². The molecule has 2 heterocycles. The Morgan fingerprint density at radius 3 is 2.53 bits per heavy atom. The quantitative estimate of drug-likeness (QED) is 0.739. The number of carbonyl (C=O) groups excluding carboxylic acids is 2.